The largest absolute Gasteiger partial charge is 0.310 e. The van der Waals surface area contributed by atoms with Gasteiger partial charge in [-0.1, -0.05) is 22.9 Å². The van der Waals surface area contributed by atoms with Crippen molar-refractivity contribution in [2.75, 3.05) is 0 Å². The first-order valence-corrected chi connectivity index (χ1v) is 6.25. The predicted molar refractivity (Wildman–Crippen MR) is 68.1 cm³/mol. The van der Waals surface area contributed by atoms with E-state index in [0.29, 0.717) is 5.02 Å². The third-order valence-corrected chi connectivity index (χ3v) is 3.73. The number of fused-ring (bicyclic) bond motifs is 1. The van der Waals surface area contributed by atoms with Crippen LogP contribution in [0.4, 0.5) is 0 Å². The van der Waals surface area contributed by atoms with Crippen LogP contribution in [0.2, 0.25) is 5.02 Å². The van der Waals surface area contributed by atoms with E-state index < -0.39 is 6.23 Å². The summed E-state index contributed by atoms with van der Waals surface area (Å²) in [6, 6.07) is 5.40. The average molecular weight is 269 g/mol. The molecule has 3 rings (SSSR count). The molecule has 1 unspecified atom stereocenters. The molecule has 0 saturated heterocycles. The molecule has 6 heteroatoms. The molecule has 88 valence electrons. The highest BCUT2D eigenvalue weighted by Crippen LogP contribution is 2.26. The lowest BCUT2D eigenvalue weighted by atomic mass is 10.3. The van der Waals surface area contributed by atoms with Crippen molar-refractivity contribution in [1.82, 2.24) is 10.0 Å². The van der Waals surface area contributed by atoms with Gasteiger partial charge in [0.25, 0.3) is 0 Å². The van der Waals surface area contributed by atoms with Crippen molar-refractivity contribution < 1.29 is 4.84 Å². The van der Waals surface area contributed by atoms with Gasteiger partial charge >= 0.3 is 4.87 Å². The minimum atomic E-state index is -0.408. The van der Waals surface area contributed by atoms with Crippen LogP contribution in [0, 0.1) is 0 Å². The summed E-state index contributed by atoms with van der Waals surface area (Å²) in [5.74, 6) is 0. The molecular weight excluding hydrogens is 260 g/mol. The first-order chi connectivity index (χ1) is 8.15. The number of hydroxylamine groups is 1. The summed E-state index contributed by atoms with van der Waals surface area (Å²) < 4.78 is 2.50. The fourth-order valence-electron chi connectivity index (χ4n) is 1.81. The third kappa shape index (κ3) is 1.76. The van der Waals surface area contributed by atoms with Gasteiger partial charge in [-0.3, -0.25) is 14.8 Å². The normalized spacial score (nSPS) is 19.4. The van der Waals surface area contributed by atoms with Crippen LogP contribution >= 0.6 is 22.9 Å². The van der Waals surface area contributed by atoms with Gasteiger partial charge in [-0.15, -0.1) is 0 Å². The van der Waals surface area contributed by atoms with Crippen LogP contribution in [-0.2, 0) is 4.84 Å². The van der Waals surface area contributed by atoms with Crippen molar-refractivity contribution >= 4 is 33.2 Å². The van der Waals surface area contributed by atoms with E-state index in [1.54, 1.807) is 16.7 Å². The van der Waals surface area contributed by atoms with Crippen molar-refractivity contribution in [2.45, 2.75) is 13.2 Å². The zero-order valence-electron chi connectivity index (χ0n) is 8.94. The number of benzene rings is 1. The Morgan fingerprint density at radius 1 is 1.53 bits per heavy atom. The third-order valence-electron chi connectivity index (χ3n) is 2.56. The van der Waals surface area contributed by atoms with Crippen LogP contribution in [0.3, 0.4) is 0 Å². The fraction of sp³-hybridized carbons (Fsp3) is 0.182. The highest BCUT2D eigenvalue weighted by atomic mass is 35.5. The lowest BCUT2D eigenvalue weighted by Gasteiger charge is -2.09. The molecule has 0 saturated carbocycles. The Balaban J connectivity index is 2.25. The highest BCUT2D eigenvalue weighted by molar-refractivity contribution is 7.16. The summed E-state index contributed by atoms with van der Waals surface area (Å²) >= 11 is 7.14. The number of allylic oxidation sites excluding steroid dienone is 1. The minimum Gasteiger partial charge on any atom is -0.269 e. The molecule has 0 aliphatic carbocycles. The maximum Gasteiger partial charge on any atom is 0.310 e. The van der Waals surface area contributed by atoms with Gasteiger partial charge in [-0.2, -0.15) is 0 Å². The number of halogens is 1. The van der Waals surface area contributed by atoms with E-state index in [4.69, 9.17) is 16.4 Å². The lowest BCUT2D eigenvalue weighted by molar-refractivity contribution is 0.00266. The van der Waals surface area contributed by atoms with E-state index in [0.717, 1.165) is 15.9 Å². The second-order valence-corrected chi connectivity index (χ2v) is 5.24. The smallest absolute Gasteiger partial charge is 0.269 e. The number of hydrogen-bond acceptors (Lipinski definition) is 4. The monoisotopic (exact) mass is 268 g/mol. The molecule has 0 bridgehead atoms. The van der Waals surface area contributed by atoms with Gasteiger partial charge in [-0.25, -0.2) is 4.84 Å². The Morgan fingerprint density at radius 3 is 3.06 bits per heavy atom. The molecule has 4 nitrogen and oxygen atoms in total. The van der Waals surface area contributed by atoms with Crippen molar-refractivity contribution in [3.05, 3.63) is 44.7 Å². The van der Waals surface area contributed by atoms with Crippen LogP contribution in [0.5, 0.6) is 0 Å². The summed E-state index contributed by atoms with van der Waals surface area (Å²) in [6.07, 6.45) is 1.45. The Bertz CT molecular complexity index is 674. The molecule has 1 aromatic carbocycles. The van der Waals surface area contributed by atoms with E-state index >= 15 is 0 Å². The number of hydrogen-bond donors (Lipinski definition) is 1. The van der Waals surface area contributed by atoms with Gasteiger partial charge in [0.15, 0.2) is 6.23 Å². The molecule has 1 aromatic heterocycles. The fourth-order valence-corrected chi connectivity index (χ4v) is 2.86. The van der Waals surface area contributed by atoms with Gasteiger partial charge < -0.3 is 0 Å². The summed E-state index contributed by atoms with van der Waals surface area (Å²) in [4.78, 5) is 17.2. The highest BCUT2D eigenvalue weighted by Gasteiger charge is 2.20. The minimum absolute atomic E-state index is 0.0555. The molecule has 0 amide bonds. The Hall–Kier alpha value is -1.30. The van der Waals surface area contributed by atoms with Gasteiger partial charge in [-0.05, 0) is 31.2 Å². The van der Waals surface area contributed by atoms with Crippen LogP contribution < -0.4 is 10.4 Å². The summed E-state index contributed by atoms with van der Waals surface area (Å²) in [5.41, 5.74) is 4.43. The van der Waals surface area contributed by atoms with E-state index in [-0.39, 0.29) is 4.87 Å². The Labute approximate surface area is 106 Å². The van der Waals surface area contributed by atoms with Gasteiger partial charge in [0.2, 0.25) is 0 Å². The van der Waals surface area contributed by atoms with Crippen LogP contribution in [0.25, 0.3) is 10.2 Å². The molecule has 0 radical (unpaired) electrons. The van der Waals surface area contributed by atoms with Crippen LogP contribution in [0.1, 0.15) is 13.2 Å². The van der Waals surface area contributed by atoms with Crippen molar-refractivity contribution in [3.63, 3.8) is 0 Å². The van der Waals surface area contributed by atoms with Gasteiger partial charge in [0.1, 0.15) is 0 Å². The molecule has 1 N–H and O–H groups in total. The number of thiazole rings is 1. The Morgan fingerprint density at radius 2 is 2.35 bits per heavy atom. The first kappa shape index (κ1) is 10.8. The topological polar surface area (TPSA) is 43.3 Å². The molecular formula is C11H9ClN2O2S. The number of nitrogens with zero attached hydrogens (tertiary/aromatic N) is 1. The van der Waals surface area contributed by atoms with Gasteiger partial charge in [0, 0.05) is 10.7 Å². The number of rotatable bonds is 1. The van der Waals surface area contributed by atoms with Gasteiger partial charge in [0.05, 0.1) is 10.2 Å². The summed E-state index contributed by atoms with van der Waals surface area (Å²) in [5, 5.41) is 0.607. The predicted octanol–water partition coefficient (Wildman–Crippen LogP) is 2.65. The molecule has 0 fully saturated rings. The molecule has 2 heterocycles. The van der Waals surface area contributed by atoms with E-state index in [1.165, 1.54) is 11.3 Å². The first-order valence-electron chi connectivity index (χ1n) is 5.06. The summed E-state index contributed by atoms with van der Waals surface area (Å²) in [7, 11) is 0. The Kier molecular flexibility index (Phi) is 2.47. The maximum atomic E-state index is 11.9. The number of nitrogens with one attached hydrogen (secondary N) is 1. The molecule has 2 aromatic rings. The molecule has 1 aliphatic rings. The average Bonchev–Trinajstić information content (AvgIpc) is 2.81. The molecule has 1 aliphatic heterocycles. The zero-order chi connectivity index (χ0) is 12.0. The summed E-state index contributed by atoms with van der Waals surface area (Å²) in [6.45, 7) is 1.88. The van der Waals surface area contributed by atoms with Crippen molar-refractivity contribution in [3.8, 4) is 0 Å². The second-order valence-electron chi connectivity index (χ2n) is 3.81. The molecule has 1 atom stereocenters. The molecule has 17 heavy (non-hydrogen) atoms. The zero-order valence-corrected chi connectivity index (χ0v) is 10.5. The molecule has 0 spiro atoms. The van der Waals surface area contributed by atoms with Crippen LogP contribution in [0.15, 0.2) is 34.8 Å². The van der Waals surface area contributed by atoms with Crippen molar-refractivity contribution in [2.24, 2.45) is 0 Å². The lowest BCUT2D eigenvalue weighted by Crippen LogP contribution is -2.20. The number of aromatic nitrogens is 1. The maximum absolute atomic E-state index is 11.9. The van der Waals surface area contributed by atoms with E-state index in [9.17, 15) is 4.79 Å². The van der Waals surface area contributed by atoms with Crippen LogP contribution in [-0.4, -0.2) is 4.57 Å². The second kappa shape index (κ2) is 3.87. The van der Waals surface area contributed by atoms with Crippen molar-refractivity contribution in [1.29, 1.82) is 0 Å². The van der Waals surface area contributed by atoms with E-state index in [2.05, 4.69) is 5.48 Å². The quantitative estimate of drug-likeness (QED) is 0.865. The standard InChI is InChI=1S/C11H9ClN2O2S/c1-6-4-10(16-13-6)14-8-5-7(12)2-3-9(8)17-11(14)15/h2-5,10,13H,1H3. The van der Waals surface area contributed by atoms with E-state index in [1.807, 2.05) is 19.1 Å². The SMILES string of the molecule is CC1=CC(n2c(=O)sc3ccc(Cl)cc32)ON1.